The van der Waals surface area contributed by atoms with E-state index in [1.165, 1.54) is 24.0 Å². The predicted molar refractivity (Wildman–Crippen MR) is 203 cm³/mol. The van der Waals surface area contributed by atoms with Crippen molar-refractivity contribution >= 4 is 36.3 Å². The van der Waals surface area contributed by atoms with E-state index < -0.39 is 35.3 Å². The fourth-order valence-corrected chi connectivity index (χ4v) is 5.86. The van der Waals surface area contributed by atoms with Crippen LogP contribution >= 0.6 is 0 Å². The summed E-state index contributed by atoms with van der Waals surface area (Å²) in [6, 6.07) is 15.8. The maximum Gasteiger partial charge on any atom is 0.415 e. The molecular weight excluding hydrogens is 660 g/mol. The second kappa shape index (κ2) is 19.9. The summed E-state index contributed by atoms with van der Waals surface area (Å²) in [5.74, 6) is -1.22. The largest absolute Gasteiger partial charge is 0.464 e. The first-order valence-corrected chi connectivity index (χ1v) is 18.4. The second-order valence-corrected chi connectivity index (χ2v) is 15.1. The van der Waals surface area contributed by atoms with Crippen LogP contribution in [0, 0.1) is 0 Å². The van der Waals surface area contributed by atoms with Crippen molar-refractivity contribution in [1.82, 2.24) is 9.80 Å². The molecule has 3 rings (SSSR count). The molecule has 0 saturated heterocycles. The van der Waals surface area contributed by atoms with Gasteiger partial charge in [0.25, 0.3) is 0 Å². The van der Waals surface area contributed by atoms with E-state index in [1.54, 1.807) is 53.7 Å². The Labute approximate surface area is 310 Å². The van der Waals surface area contributed by atoms with Crippen LogP contribution in [0.25, 0.3) is 12.2 Å². The molecule has 0 saturated carbocycles. The third-order valence-electron chi connectivity index (χ3n) is 8.30. The molecule has 2 amide bonds. The SMILES string of the molecule is COC(=O)/C1=C/c2cccc(c2)CCCCCCN(C(=O)OC(C)(C)C)/C(C(=O)OC)=C\c2cccc(c2)CCCCCCN1C(=O)OC(C)(C)C. The van der Waals surface area contributed by atoms with Crippen molar-refractivity contribution in [1.29, 1.82) is 0 Å². The summed E-state index contributed by atoms with van der Waals surface area (Å²) in [6.07, 6.45) is 10.3. The van der Waals surface area contributed by atoms with Crippen molar-refractivity contribution in [2.75, 3.05) is 27.3 Å². The molecule has 0 fully saturated rings. The summed E-state index contributed by atoms with van der Waals surface area (Å²) >= 11 is 0. The van der Waals surface area contributed by atoms with Crippen LogP contribution in [0.4, 0.5) is 9.59 Å². The van der Waals surface area contributed by atoms with E-state index in [4.69, 9.17) is 18.9 Å². The molecule has 0 N–H and O–H groups in total. The van der Waals surface area contributed by atoms with Gasteiger partial charge in [-0.05, 0) is 114 Å². The predicted octanol–water partition coefficient (Wildman–Crippen LogP) is 9.11. The van der Waals surface area contributed by atoms with Crippen molar-refractivity contribution in [2.24, 2.45) is 0 Å². The van der Waals surface area contributed by atoms with Gasteiger partial charge >= 0.3 is 24.1 Å². The lowest BCUT2D eigenvalue weighted by atomic mass is 10.0. The number of fused-ring (bicyclic) bond motifs is 4. The number of nitrogens with zero attached hydrogens (tertiary/aromatic N) is 2. The Balaban J connectivity index is 1.96. The molecule has 10 nitrogen and oxygen atoms in total. The average Bonchev–Trinajstić information content (AvgIpc) is 3.07. The number of hydrogen-bond acceptors (Lipinski definition) is 8. The zero-order valence-corrected chi connectivity index (χ0v) is 32.4. The molecule has 284 valence electrons. The van der Waals surface area contributed by atoms with Gasteiger partial charge in [0, 0.05) is 13.1 Å². The Bertz CT molecular complexity index is 1460. The summed E-state index contributed by atoms with van der Waals surface area (Å²) in [4.78, 5) is 56.0. The third kappa shape index (κ3) is 14.2. The van der Waals surface area contributed by atoms with E-state index in [-0.39, 0.29) is 11.4 Å². The highest BCUT2D eigenvalue weighted by atomic mass is 16.6. The zero-order chi connectivity index (χ0) is 38.3. The lowest BCUT2D eigenvalue weighted by molar-refractivity contribution is -0.138. The fourth-order valence-electron chi connectivity index (χ4n) is 5.86. The minimum absolute atomic E-state index is 0.133. The van der Waals surface area contributed by atoms with E-state index >= 15 is 0 Å². The van der Waals surface area contributed by atoms with Gasteiger partial charge in [0.1, 0.15) is 22.6 Å². The van der Waals surface area contributed by atoms with Gasteiger partial charge in [0.05, 0.1) is 14.2 Å². The maximum atomic E-state index is 13.5. The molecule has 0 atom stereocenters. The number of rotatable bonds is 2. The number of methoxy groups -OCH3 is 2. The Morgan fingerprint density at radius 2 is 0.904 bits per heavy atom. The Hall–Kier alpha value is -4.60. The summed E-state index contributed by atoms with van der Waals surface area (Å²) in [5, 5.41) is 0. The molecule has 1 heterocycles. The lowest BCUT2D eigenvalue weighted by Crippen LogP contribution is -2.39. The van der Waals surface area contributed by atoms with Gasteiger partial charge in [0.15, 0.2) is 0 Å². The third-order valence-corrected chi connectivity index (χ3v) is 8.30. The van der Waals surface area contributed by atoms with Gasteiger partial charge in [-0.15, -0.1) is 0 Å². The number of carbonyl (C=O) groups is 4. The highest BCUT2D eigenvalue weighted by Crippen LogP contribution is 2.23. The standard InChI is InChI=1S/C42H58N2O8/c1-41(2,3)51-39(47)43-25-15-11-9-13-19-32-22-18-24-34(28-32)30-36(38(46)50-8)44(40(48)52-42(4,5)6)26-16-12-10-14-20-31-21-17-23-33(27-31)29-35(43)37(45)49-7/h17-18,21-24,27-30H,9-16,19-20,25-26H2,1-8H3/b35-29-,36-30-. The first-order valence-electron chi connectivity index (χ1n) is 18.4. The van der Waals surface area contributed by atoms with Crippen molar-refractivity contribution in [3.8, 4) is 0 Å². The van der Waals surface area contributed by atoms with E-state index in [0.29, 0.717) is 25.9 Å². The fraction of sp³-hybridized carbons (Fsp3) is 0.524. The normalized spacial score (nSPS) is 18.0. The minimum atomic E-state index is -0.744. The molecule has 10 heteroatoms. The smallest absolute Gasteiger partial charge is 0.415 e. The first-order chi connectivity index (χ1) is 24.6. The van der Waals surface area contributed by atoms with Crippen LogP contribution in [0.3, 0.4) is 0 Å². The number of hydrogen-bond donors (Lipinski definition) is 0. The van der Waals surface area contributed by atoms with Gasteiger partial charge in [-0.25, -0.2) is 19.2 Å². The van der Waals surface area contributed by atoms with Crippen LogP contribution < -0.4 is 0 Å². The van der Waals surface area contributed by atoms with Crippen LogP contribution in [-0.4, -0.2) is 72.4 Å². The monoisotopic (exact) mass is 718 g/mol. The first kappa shape index (κ1) is 41.8. The van der Waals surface area contributed by atoms with Gasteiger partial charge in [-0.3, -0.25) is 9.80 Å². The topological polar surface area (TPSA) is 112 Å². The van der Waals surface area contributed by atoms with Crippen molar-refractivity contribution in [3.63, 3.8) is 0 Å². The Morgan fingerprint density at radius 1 is 0.538 bits per heavy atom. The average molecular weight is 719 g/mol. The molecule has 4 bridgehead atoms. The van der Waals surface area contributed by atoms with Crippen LogP contribution in [0.5, 0.6) is 0 Å². The lowest BCUT2D eigenvalue weighted by Gasteiger charge is -2.28. The number of amides is 2. The summed E-state index contributed by atoms with van der Waals surface area (Å²) in [5.41, 5.74) is 2.51. The molecule has 2 aromatic carbocycles. The van der Waals surface area contributed by atoms with Crippen LogP contribution in [0.15, 0.2) is 59.9 Å². The Kier molecular flexibility index (Phi) is 16.0. The van der Waals surface area contributed by atoms with Crippen LogP contribution in [0.1, 0.15) is 115 Å². The maximum absolute atomic E-state index is 13.5. The van der Waals surface area contributed by atoms with E-state index in [0.717, 1.165) is 73.6 Å². The van der Waals surface area contributed by atoms with E-state index in [1.807, 2.05) is 48.5 Å². The van der Waals surface area contributed by atoms with Gasteiger partial charge in [-0.2, -0.15) is 0 Å². The molecular formula is C42H58N2O8. The van der Waals surface area contributed by atoms with Crippen molar-refractivity contribution < 1.29 is 38.1 Å². The zero-order valence-electron chi connectivity index (χ0n) is 32.4. The molecule has 0 spiro atoms. The quantitative estimate of drug-likeness (QED) is 0.223. The molecule has 2 aromatic rings. The molecule has 52 heavy (non-hydrogen) atoms. The highest BCUT2D eigenvalue weighted by Gasteiger charge is 2.30. The van der Waals surface area contributed by atoms with Crippen LogP contribution in [0.2, 0.25) is 0 Å². The molecule has 1 aliphatic rings. The summed E-state index contributed by atoms with van der Waals surface area (Å²) in [6.45, 7) is 11.4. The van der Waals surface area contributed by atoms with Crippen molar-refractivity contribution in [2.45, 2.75) is 117 Å². The van der Waals surface area contributed by atoms with Crippen molar-refractivity contribution in [3.05, 3.63) is 82.2 Å². The number of esters is 2. The number of aryl methyl sites for hydroxylation is 2. The summed E-state index contributed by atoms with van der Waals surface area (Å²) < 4.78 is 21.8. The molecule has 0 aliphatic carbocycles. The number of benzene rings is 2. The molecule has 0 unspecified atom stereocenters. The van der Waals surface area contributed by atoms with Gasteiger partial charge < -0.3 is 18.9 Å². The van der Waals surface area contributed by atoms with E-state index in [9.17, 15) is 19.2 Å². The summed E-state index contributed by atoms with van der Waals surface area (Å²) in [7, 11) is 2.62. The van der Waals surface area contributed by atoms with Gasteiger partial charge in [-0.1, -0.05) is 74.2 Å². The van der Waals surface area contributed by atoms with E-state index in [2.05, 4.69) is 0 Å². The Morgan fingerprint density at radius 3 is 1.25 bits per heavy atom. The molecule has 0 aromatic heterocycles. The minimum Gasteiger partial charge on any atom is -0.464 e. The van der Waals surface area contributed by atoms with Gasteiger partial charge in [0.2, 0.25) is 0 Å². The van der Waals surface area contributed by atoms with Crippen LogP contribution in [-0.2, 0) is 41.4 Å². The molecule has 1 aliphatic heterocycles. The second-order valence-electron chi connectivity index (χ2n) is 15.1. The molecule has 0 radical (unpaired) electrons. The number of ether oxygens (including phenoxy) is 4. The number of carbonyl (C=O) groups excluding carboxylic acids is 4. The highest BCUT2D eigenvalue weighted by molar-refractivity contribution is 5.97.